The molecule has 2 aromatic carbocycles. The van der Waals surface area contributed by atoms with E-state index in [1.54, 1.807) is 24.5 Å². The predicted octanol–water partition coefficient (Wildman–Crippen LogP) is 3.64. The van der Waals surface area contributed by atoms with Gasteiger partial charge in [0.1, 0.15) is 0 Å². The van der Waals surface area contributed by atoms with Gasteiger partial charge in [-0.05, 0) is 67.4 Å². The van der Waals surface area contributed by atoms with Gasteiger partial charge in [-0.1, -0.05) is 28.8 Å². The Balaban J connectivity index is 1.26. The van der Waals surface area contributed by atoms with E-state index in [-0.39, 0.29) is 11.8 Å². The minimum absolute atomic E-state index is 0.205. The average molecular weight is 530 g/mol. The number of nitrogens with zero attached hydrogens (tertiary/aromatic N) is 4. The third-order valence-corrected chi connectivity index (χ3v) is 7.35. The first-order valence-electron chi connectivity index (χ1n) is 12.5. The molecular weight excluding hydrogens is 498 g/mol. The van der Waals surface area contributed by atoms with Crippen LogP contribution < -0.4 is 16.2 Å². The summed E-state index contributed by atoms with van der Waals surface area (Å²) in [4.78, 5) is 35.0. The van der Waals surface area contributed by atoms with Crippen molar-refractivity contribution in [3.63, 3.8) is 0 Å². The Bertz CT molecular complexity index is 1330. The van der Waals surface area contributed by atoms with Gasteiger partial charge < -0.3 is 10.2 Å². The molecule has 5 rings (SSSR count). The Hall–Kier alpha value is -3.70. The van der Waals surface area contributed by atoms with Gasteiger partial charge in [0.15, 0.2) is 0 Å². The van der Waals surface area contributed by atoms with Crippen LogP contribution >= 0.6 is 11.9 Å². The highest BCUT2D eigenvalue weighted by Gasteiger charge is 2.18. The van der Waals surface area contributed by atoms with Crippen molar-refractivity contribution in [2.75, 3.05) is 38.5 Å². The van der Waals surface area contributed by atoms with Crippen LogP contribution in [0.3, 0.4) is 0 Å². The van der Waals surface area contributed by atoms with Crippen molar-refractivity contribution >= 4 is 29.4 Å². The first kappa shape index (κ1) is 25.9. The van der Waals surface area contributed by atoms with Crippen molar-refractivity contribution in [3.05, 3.63) is 94.7 Å². The molecule has 0 atom stereocenters. The Kier molecular flexibility index (Phi) is 8.04. The summed E-state index contributed by atoms with van der Waals surface area (Å²) in [5.74, 6) is -0.440. The van der Waals surface area contributed by atoms with Crippen LogP contribution in [-0.4, -0.2) is 64.3 Å². The summed E-state index contributed by atoms with van der Waals surface area (Å²) < 4.78 is 1.52. The molecule has 0 aliphatic carbocycles. The van der Waals surface area contributed by atoms with Crippen LogP contribution in [0.25, 0.3) is 11.3 Å². The van der Waals surface area contributed by atoms with Gasteiger partial charge >= 0.3 is 0 Å². The van der Waals surface area contributed by atoms with Gasteiger partial charge in [0, 0.05) is 67.3 Å². The van der Waals surface area contributed by atoms with Gasteiger partial charge in [-0.15, -0.1) is 0 Å². The maximum Gasteiger partial charge on any atom is 0.267 e. The Morgan fingerprint density at radius 3 is 2.53 bits per heavy atom. The number of piperazine rings is 1. The number of rotatable bonds is 7. The van der Waals surface area contributed by atoms with Crippen LogP contribution in [0.4, 0.5) is 5.69 Å². The highest BCUT2D eigenvalue weighted by atomic mass is 32.2. The first-order valence-corrected chi connectivity index (χ1v) is 13.4. The van der Waals surface area contributed by atoms with Crippen LogP contribution in [0.1, 0.15) is 31.8 Å². The van der Waals surface area contributed by atoms with E-state index in [0.29, 0.717) is 16.8 Å². The van der Waals surface area contributed by atoms with Gasteiger partial charge in [-0.3, -0.25) is 30.3 Å². The zero-order valence-corrected chi connectivity index (χ0v) is 22.3. The second-order valence-corrected chi connectivity index (χ2v) is 10.3. The molecule has 0 saturated carbocycles. The number of para-hydroxylation sites is 1. The topological polar surface area (TPSA) is 92.8 Å². The monoisotopic (exact) mass is 529 g/mol. The molecule has 2 aliphatic heterocycles. The lowest BCUT2D eigenvalue weighted by Crippen LogP contribution is -2.43. The summed E-state index contributed by atoms with van der Waals surface area (Å²) in [7, 11) is 2.14. The lowest BCUT2D eigenvalue weighted by atomic mass is 10.0. The molecule has 3 N–H and O–H groups in total. The van der Waals surface area contributed by atoms with Crippen molar-refractivity contribution in [2.24, 2.45) is 0 Å². The summed E-state index contributed by atoms with van der Waals surface area (Å²) in [6.45, 7) is 6.89. The van der Waals surface area contributed by atoms with E-state index in [1.165, 1.54) is 16.5 Å². The largest absolute Gasteiger partial charge is 0.322 e. The predicted molar refractivity (Wildman–Crippen MR) is 151 cm³/mol. The second kappa shape index (κ2) is 11.8. The summed E-state index contributed by atoms with van der Waals surface area (Å²) in [6.07, 6.45) is 3.32. The van der Waals surface area contributed by atoms with Crippen molar-refractivity contribution < 1.29 is 9.59 Å². The van der Waals surface area contributed by atoms with E-state index in [1.807, 2.05) is 48.7 Å². The van der Waals surface area contributed by atoms with Gasteiger partial charge in [-0.2, -0.15) is 0 Å². The third kappa shape index (κ3) is 6.22. The molecule has 9 nitrogen and oxygen atoms in total. The molecule has 2 amide bonds. The number of carbonyl (C=O) groups excluding carboxylic acids is 2. The first-order chi connectivity index (χ1) is 18.5. The number of nitrogens with one attached hydrogen (secondary N) is 3. The quantitative estimate of drug-likeness (QED) is 0.400. The molecule has 0 bridgehead atoms. The lowest BCUT2D eigenvalue weighted by Gasteiger charge is -2.32. The van der Waals surface area contributed by atoms with Crippen LogP contribution in [0, 0.1) is 6.92 Å². The second-order valence-electron chi connectivity index (χ2n) is 9.43. The Labute approximate surface area is 227 Å². The van der Waals surface area contributed by atoms with E-state index in [4.69, 9.17) is 0 Å². The molecule has 38 heavy (non-hydrogen) atoms. The molecule has 196 valence electrons. The van der Waals surface area contributed by atoms with E-state index >= 15 is 0 Å². The molecule has 3 aromatic rings. The molecule has 10 heteroatoms. The summed E-state index contributed by atoms with van der Waals surface area (Å²) in [6, 6.07) is 17.0. The average Bonchev–Trinajstić information content (AvgIpc) is 3.44. The number of hydrogen-bond acceptors (Lipinski definition) is 8. The van der Waals surface area contributed by atoms with Crippen molar-refractivity contribution in [3.8, 4) is 11.3 Å². The zero-order chi connectivity index (χ0) is 26.5. The fourth-order valence-electron chi connectivity index (χ4n) is 4.38. The smallest absolute Gasteiger partial charge is 0.267 e. The van der Waals surface area contributed by atoms with Gasteiger partial charge in [-0.25, -0.2) is 0 Å². The molecule has 0 radical (unpaired) electrons. The van der Waals surface area contributed by atoms with Crippen LogP contribution in [0.5, 0.6) is 0 Å². The molecule has 1 fully saturated rings. The standard InChI is InChI=1S/C28H31N7O2S/c1-20-7-8-21(28(37)32-35-30-11-16-38-35)17-24(20)26-10-9-22(18-29-26)27(36)31-25-6-4-3-5-23(25)19-34-14-12-33(2)13-15-34/h3-11,16-18,30H,12-15,19H2,1-2H3,(H,31,36)(H,32,37). The molecule has 1 aromatic heterocycles. The fraction of sp³-hybridized carbons (Fsp3) is 0.250. The summed E-state index contributed by atoms with van der Waals surface area (Å²) in [5, 5.41) is 4.90. The summed E-state index contributed by atoms with van der Waals surface area (Å²) >= 11 is 1.34. The number of pyridine rings is 1. The molecule has 0 spiro atoms. The fourth-order valence-corrected chi connectivity index (χ4v) is 4.88. The zero-order valence-electron chi connectivity index (χ0n) is 21.5. The molecule has 0 unspecified atom stereocenters. The van der Waals surface area contributed by atoms with Crippen molar-refractivity contribution in [1.82, 2.24) is 30.2 Å². The Morgan fingerprint density at radius 2 is 1.79 bits per heavy atom. The van der Waals surface area contributed by atoms with Crippen LogP contribution in [0.2, 0.25) is 0 Å². The van der Waals surface area contributed by atoms with E-state index in [2.05, 4.69) is 44.1 Å². The minimum atomic E-state index is -0.235. The maximum absolute atomic E-state index is 13.1. The van der Waals surface area contributed by atoms with Crippen molar-refractivity contribution in [2.45, 2.75) is 13.5 Å². The van der Waals surface area contributed by atoms with Crippen LogP contribution in [0.15, 0.2) is 72.4 Å². The number of aromatic nitrogens is 1. The van der Waals surface area contributed by atoms with E-state index in [0.717, 1.165) is 55.1 Å². The number of benzene rings is 2. The highest BCUT2D eigenvalue weighted by molar-refractivity contribution is 8.00. The van der Waals surface area contributed by atoms with Crippen molar-refractivity contribution in [1.29, 1.82) is 0 Å². The molecule has 1 saturated heterocycles. The van der Waals surface area contributed by atoms with E-state index < -0.39 is 0 Å². The summed E-state index contributed by atoms with van der Waals surface area (Å²) in [5.41, 5.74) is 11.1. The number of amides is 2. The number of hydrazine groups is 2. The maximum atomic E-state index is 13.1. The number of anilines is 1. The Morgan fingerprint density at radius 1 is 1.00 bits per heavy atom. The number of carbonyl (C=O) groups is 2. The molecule has 3 heterocycles. The minimum Gasteiger partial charge on any atom is -0.322 e. The SMILES string of the molecule is Cc1ccc(C(=O)NN2NC=CS2)cc1-c1ccc(C(=O)Nc2ccccc2CN2CCN(C)CC2)cn1. The number of hydrogen-bond donors (Lipinski definition) is 3. The number of likely N-dealkylation sites (N-methyl/N-ethyl adjacent to an activating group) is 1. The highest BCUT2D eigenvalue weighted by Crippen LogP contribution is 2.24. The normalized spacial score (nSPS) is 16.3. The molecule has 2 aliphatic rings. The lowest BCUT2D eigenvalue weighted by molar-refractivity contribution is 0.0870. The van der Waals surface area contributed by atoms with Gasteiger partial charge in [0.05, 0.1) is 11.3 Å². The number of aryl methyl sites for hydroxylation is 1. The molecular formula is C28H31N7O2S. The third-order valence-electron chi connectivity index (χ3n) is 6.69. The van der Waals surface area contributed by atoms with Crippen LogP contribution in [-0.2, 0) is 6.54 Å². The van der Waals surface area contributed by atoms with Gasteiger partial charge in [0.2, 0.25) is 0 Å². The van der Waals surface area contributed by atoms with Gasteiger partial charge in [0.25, 0.3) is 11.8 Å². The van der Waals surface area contributed by atoms with E-state index in [9.17, 15) is 9.59 Å².